The van der Waals surface area contributed by atoms with Crippen LogP contribution in [0.25, 0.3) is 0 Å². The molecule has 0 radical (unpaired) electrons. The summed E-state index contributed by atoms with van der Waals surface area (Å²) in [5, 5.41) is 3.09. The monoisotopic (exact) mass is 323 g/mol. The molecule has 0 aromatic carbocycles. The molecule has 0 bridgehead atoms. The van der Waals surface area contributed by atoms with Crippen LogP contribution in [-0.2, 0) is 19.7 Å². The van der Waals surface area contributed by atoms with Crippen LogP contribution in [0.1, 0.15) is 19.3 Å². The van der Waals surface area contributed by atoms with Crippen molar-refractivity contribution in [2.45, 2.75) is 25.3 Å². The summed E-state index contributed by atoms with van der Waals surface area (Å²) in [4.78, 5) is 0. The van der Waals surface area contributed by atoms with E-state index < -0.39 is 10.2 Å². The highest BCUT2D eigenvalue weighted by molar-refractivity contribution is 7.86. The van der Waals surface area contributed by atoms with Crippen molar-refractivity contribution < 1.29 is 17.9 Å². The van der Waals surface area contributed by atoms with Crippen molar-refractivity contribution in [2.24, 2.45) is 0 Å². The van der Waals surface area contributed by atoms with Gasteiger partial charge in [-0.05, 0) is 19.9 Å². The maximum Gasteiger partial charge on any atom is 0.282 e. The van der Waals surface area contributed by atoms with Gasteiger partial charge in [0.25, 0.3) is 10.2 Å². The Morgan fingerprint density at radius 2 is 1.81 bits per heavy atom. The molecular weight excluding hydrogens is 294 g/mol. The number of ether oxygens (including phenoxy) is 2. The first-order chi connectivity index (χ1) is 10.1. The lowest BCUT2D eigenvalue weighted by Gasteiger charge is -2.38. The summed E-state index contributed by atoms with van der Waals surface area (Å²) < 4.78 is 39.0. The molecule has 1 N–H and O–H groups in total. The minimum absolute atomic E-state index is 0.0290. The van der Waals surface area contributed by atoms with Gasteiger partial charge in [0, 0.05) is 46.4 Å². The van der Waals surface area contributed by atoms with Gasteiger partial charge in [0.1, 0.15) is 0 Å². The van der Waals surface area contributed by atoms with E-state index in [-0.39, 0.29) is 6.04 Å². The van der Waals surface area contributed by atoms with Crippen LogP contribution < -0.4 is 5.32 Å². The van der Waals surface area contributed by atoms with Gasteiger partial charge in [-0.25, -0.2) is 0 Å². The maximum absolute atomic E-state index is 12.9. The molecule has 21 heavy (non-hydrogen) atoms. The number of methoxy groups -OCH3 is 2. The van der Waals surface area contributed by atoms with Crippen LogP contribution in [-0.4, -0.2) is 83.7 Å². The number of rotatable bonds is 10. The van der Waals surface area contributed by atoms with Crippen LogP contribution >= 0.6 is 0 Å². The van der Waals surface area contributed by atoms with E-state index in [0.717, 1.165) is 19.3 Å². The fraction of sp³-hybridized carbons (Fsp3) is 1.00. The molecule has 0 amide bonds. The Bertz CT molecular complexity index is 368. The van der Waals surface area contributed by atoms with E-state index in [2.05, 4.69) is 5.32 Å². The smallest absolute Gasteiger partial charge is 0.282 e. The first-order valence-electron chi connectivity index (χ1n) is 7.47. The number of hydrogen-bond donors (Lipinski definition) is 1. The number of likely N-dealkylation sites (N-methyl/N-ethyl adjacent to an activating group) is 1. The van der Waals surface area contributed by atoms with E-state index >= 15 is 0 Å². The quantitative estimate of drug-likeness (QED) is 0.608. The van der Waals surface area contributed by atoms with E-state index in [9.17, 15) is 8.42 Å². The molecule has 126 valence electrons. The molecule has 1 rings (SSSR count). The average Bonchev–Trinajstić information content (AvgIpc) is 2.48. The molecule has 0 aromatic heterocycles. The van der Waals surface area contributed by atoms with E-state index in [1.807, 2.05) is 7.05 Å². The van der Waals surface area contributed by atoms with E-state index in [1.54, 1.807) is 18.5 Å². The van der Waals surface area contributed by atoms with Crippen LogP contribution in [0.3, 0.4) is 0 Å². The van der Waals surface area contributed by atoms with Crippen LogP contribution in [0.2, 0.25) is 0 Å². The molecule has 7 nitrogen and oxygen atoms in total. The predicted molar refractivity (Wildman–Crippen MR) is 82.5 cm³/mol. The Kier molecular flexibility index (Phi) is 8.69. The van der Waals surface area contributed by atoms with Crippen molar-refractivity contribution in [1.82, 2.24) is 13.9 Å². The molecule has 1 unspecified atom stereocenters. The minimum Gasteiger partial charge on any atom is -0.383 e. The topological polar surface area (TPSA) is 71.1 Å². The minimum atomic E-state index is -3.47. The van der Waals surface area contributed by atoms with Gasteiger partial charge >= 0.3 is 0 Å². The van der Waals surface area contributed by atoms with Gasteiger partial charge in [0.2, 0.25) is 0 Å². The number of nitrogens with one attached hydrogen (secondary N) is 1. The second-order valence-corrected chi connectivity index (χ2v) is 7.09. The Hall–Kier alpha value is -0.250. The third-order valence-corrected chi connectivity index (χ3v) is 5.82. The Morgan fingerprint density at radius 3 is 2.33 bits per heavy atom. The van der Waals surface area contributed by atoms with Crippen LogP contribution in [0.15, 0.2) is 0 Å². The second kappa shape index (κ2) is 9.70. The summed E-state index contributed by atoms with van der Waals surface area (Å²) in [5.41, 5.74) is 0. The number of piperidine rings is 1. The highest BCUT2D eigenvalue weighted by atomic mass is 32.2. The summed E-state index contributed by atoms with van der Waals surface area (Å²) in [7, 11) is 1.53. The molecule has 0 aliphatic carbocycles. The summed E-state index contributed by atoms with van der Waals surface area (Å²) in [5.74, 6) is 0. The van der Waals surface area contributed by atoms with Crippen LogP contribution in [0.4, 0.5) is 0 Å². The fourth-order valence-electron chi connectivity index (χ4n) is 2.59. The molecule has 1 aliphatic rings. The third kappa shape index (κ3) is 5.46. The standard InChI is InChI=1S/C13H29N3O4S/c1-14-12-13-6-4-5-7-16(13)21(17,18)15(8-10-19-2)9-11-20-3/h13-14H,4-12H2,1-3H3. The van der Waals surface area contributed by atoms with Crippen LogP contribution in [0, 0.1) is 0 Å². The van der Waals surface area contributed by atoms with E-state index in [4.69, 9.17) is 9.47 Å². The van der Waals surface area contributed by atoms with Gasteiger partial charge in [-0.1, -0.05) is 6.42 Å². The highest BCUT2D eigenvalue weighted by Gasteiger charge is 2.35. The molecule has 1 aliphatic heterocycles. The number of hydrogen-bond acceptors (Lipinski definition) is 5. The molecule has 1 heterocycles. The van der Waals surface area contributed by atoms with Crippen molar-refractivity contribution in [3.63, 3.8) is 0 Å². The highest BCUT2D eigenvalue weighted by Crippen LogP contribution is 2.22. The largest absolute Gasteiger partial charge is 0.383 e. The zero-order valence-corrected chi connectivity index (χ0v) is 14.2. The van der Waals surface area contributed by atoms with Crippen LogP contribution in [0.5, 0.6) is 0 Å². The van der Waals surface area contributed by atoms with Gasteiger partial charge < -0.3 is 14.8 Å². The first-order valence-corrected chi connectivity index (χ1v) is 8.87. The first kappa shape index (κ1) is 18.8. The Balaban J connectivity index is 2.84. The lowest BCUT2D eigenvalue weighted by Crippen LogP contribution is -2.54. The molecular formula is C13H29N3O4S. The molecule has 1 fully saturated rings. The molecule has 0 spiro atoms. The van der Waals surface area contributed by atoms with Crippen molar-refractivity contribution in [2.75, 3.05) is 60.7 Å². The van der Waals surface area contributed by atoms with E-state index in [0.29, 0.717) is 39.4 Å². The second-order valence-electron chi connectivity index (χ2n) is 5.21. The van der Waals surface area contributed by atoms with Gasteiger partial charge in [0.05, 0.1) is 13.2 Å². The summed E-state index contributed by atoms with van der Waals surface area (Å²) in [6, 6.07) is 0.0290. The molecule has 1 saturated heterocycles. The van der Waals surface area contributed by atoms with Gasteiger partial charge in [-0.2, -0.15) is 17.0 Å². The molecule has 1 atom stereocenters. The SMILES string of the molecule is CNCC1CCCCN1S(=O)(=O)N(CCOC)CCOC. The normalized spacial score (nSPS) is 21.0. The molecule has 8 heteroatoms. The molecule has 0 aromatic rings. The lowest BCUT2D eigenvalue weighted by atomic mass is 10.1. The van der Waals surface area contributed by atoms with Gasteiger partial charge in [0.15, 0.2) is 0 Å². The van der Waals surface area contributed by atoms with Crippen molar-refractivity contribution in [1.29, 1.82) is 0 Å². The zero-order chi connectivity index (χ0) is 15.7. The summed E-state index contributed by atoms with van der Waals surface area (Å²) in [6.07, 6.45) is 2.90. The Labute approximate surface area is 128 Å². The Morgan fingerprint density at radius 1 is 1.19 bits per heavy atom. The van der Waals surface area contributed by atoms with Crippen molar-refractivity contribution >= 4 is 10.2 Å². The average molecular weight is 323 g/mol. The summed E-state index contributed by atoms with van der Waals surface area (Å²) in [6.45, 7) is 2.74. The van der Waals surface area contributed by atoms with Crippen molar-refractivity contribution in [3.8, 4) is 0 Å². The van der Waals surface area contributed by atoms with E-state index in [1.165, 1.54) is 4.31 Å². The lowest BCUT2D eigenvalue weighted by molar-refractivity contribution is 0.142. The van der Waals surface area contributed by atoms with Crippen molar-refractivity contribution in [3.05, 3.63) is 0 Å². The third-order valence-electron chi connectivity index (χ3n) is 3.73. The zero-order valence-electron chi connectivity index (χ0n) is 13.4. The summed E-state index contributed by atoms with van der Waals surface area (Å²) >= 11 is 0. The molecule has 0 saturated carbocycles. The number of nitrogens with zero attached hydrogens (tertiary/aromatic N) is 2. The predicted octanol–water partition coefficient (Wildman–Crippen LogP) is -0.100. The maximum atomic E-state index is 12.9. The van der Waals surface area contributed by atoms with Gasteiger partial charge in [-0.3, -0.25) is 0 Å². The van der Waals surface area contributed by atoms with Gasteiger partial charge in [-0.15, -0.1) is 0 Å². The fourth-order valence-corrected chi connectivity index (χ4v) is 4.42.